The van der Waals surface area contributed by atoms with E-state index >= 15 is 0 Å². The molecule has 1 saturated carbocycles. The van der Waals surface area contributed by atoms with Gasteiger partial charge in [-0.25, -0.2) is 4.98 Å². The van der Waals surface area contributed by atoms with Crippen LogP contribution in [0.5, 0.6) is 0 Å². The third kappa shape index (κ3) is 4.63. The molecule has 0 N–H and O–H groups in total. The molecule has 44 heavy (non-hydrogen) atoms. The Morgan fingerprint density at radius 1 is 0.659 bits per heavy atom. The molecular formula is C41H38N2O. The van der Waals surface area contributed by atoms with Crippen molar-refractivity contribution in [2.75, 3.05) is 0 Å². The lowest BCUT2D eigenvalue weighted by Gasteiger charge is -2.25. The zero-order valence-electron chi connectivity index (χ0n) is 25.8. The monoisotopic (exact) mass is 574 g/mol. The molecule has 2 aromatic heterocycles. The Kier molecular flexibility index (Phi) is 6.45. The van der Waals surface area contributed by atoms with Gasteiger partial charge in [-0.3, -0.25) is 4.57 Å². The first-order chi connectivity index (χ1) is 21.4. The zero-order valence-corrected chi connectivity index (χ0v) is 25.8. The summed E-state index contributed by atoms with van der Waals surface area (Å²) >= 11 is 0. The van der Waals surface area contributed by atoms with Crippen LogP contribution in [-0.2, 0) is 5.41 Å². The number of aromatic nitrogens is 2. The van der Waals surface area contributed by atoms with Gasteiger partial charge in [0.2, 0.25) is 0 Å². The van der Waals surface area contributed by atoms with Crippen LogP contribution in [0.1, 0.15) is 69.9 Å². The van der Waals surface area contributed by atoms with Crippen LogP contribution in [0, 0.1) is 0 Å². The van der Waals surface area contributed by atoms with Crippen LogP contribution in [-0.4, -0.2) is 9.55 Å². The molecule has 0 bridgehead atoms. The molecule has 0 unspecified atom stereocenters. The highest BCUT2D eigenvalue weighted by atomic mass is 16.3. The van der Waals surface area contributed by atoms with E-state index in [0.717, 1.165) is 44.7 Å². The van der Waals surface area contributed by atoms with E-state index in [-0.39, 0.29) is 5.41 Å². The summed E-state index contributed by atoms with van der Waals surface area (Å²) in [7, 11) is 0. The molecule has 0 spiro atoms. The predicted molar refractivity (Wildman–Crippen MR) is 184 cm³/mol. The molecule has 3 heteroatoms. The number of furan rings is 1. The molecule has 5 aromatic carbocycles. The smallest absolute Gasteiger partial charge is 0.145 e. The van der Waals surface area contributed by atoms with E-state index < -0.39 is 0 Å². The molecule has 0 radical (unpaired) electrons. The molecule has 1 aliphatic carbocycles. The third-order valence-electron chi connectivity index (χ3n) is 9.54. The first-order valence-electron chi connectivity index (χ1n) is 16.1. The Balaban J connectivity index is 1.33. The lowest BCUT2D eigenvalue weighted by Crippen LogP contribution is -2.16. The highest BCUT2D eigenvalue weighted by Crippen LogP contribution is 2.40. The Morgan fingerprint density at radius 2 is 1.36 bits per heavy atom. The third-order valence-corrected chi connectivity index (χ3v) is 9.54. The number of hydrogen-bond donors (Lipinski definition) is 0. The minimum absolute atomic E-state index is 0.0804. The Labute approximate surface area is 259 Å². The van der Waals surface area contributed by atoms with Gasteiger partial charge in [0, 0.05) is 16.3 Å². The summed E-state index contributed by atoms with van der Waals surface area (Å²) in [5.41, 5.74) is 11.3. The summed E-state index contributed by atoms with van der Waals surface area (Å²) in [6.07, 6.45) is 6.60. The number of imidazole rings is 1. The fourth-order valence-electron chi connectivity index (χ4n) is 7.23. The first kappa shape index (κ1) is 27.0. The van der Waals surface area contributed by atoms with Gasteiger partial charge in [-0.05, 0) is 101 Å². The second kappa shape index (κ2) is 10.5. The van der Waals surface area contributed by atoms with Crippen molar-refractivity contribution in [3.8, 4) is 28.2 Å². The van der Waals surface area contributed by atoms with E-state index in [4.69, 9.17) is 9.40 Å². The van der Waals surface area contributed by atoms with Crippen molar-refractivity contribution >= 4 is 33.0 Å². The Hall–Kier alpha value is -4.63. The minimum atomic E-state index is -0.0804. The molecule has 3 nitrogen and oxygen atoms in total. The van der Waals surface area contributed by atoms with Gasteiger partial charge in [0.25, 0.3) is 0 Å². The average Bonchev–Trinajstić information content (AvgIpc) is 3.63. The zero-order chi connectivity index (χ0) is 29.8. The molecule has 1 fully saturated rings. The van der Waals surface area contributed by atoms with Crippen molar-refractivity contribution < 1.29 is 4.42 Å². The van der Waals surface area contributed by atoms with E-state index in [1.807, 2.05) is 0 Å². The molecule has 8 rings (SSSR count). The van der Waals surface area contributed by atoms with E-state index in [1.165, 1.54) is 59.7 Å². The minimum Gasteiger partial charge on any atom is -0.456 e. The fourth-order valence-corrected chi connectivity index (χ4v) is 7.23. The maximum Gasteiger partial charge on any atom is 0.145 e. The Bertz CT molecular complexity index is 2140. The summed E-state index contributed by atoms with van der Waals surface area (Å²) in [6.45, 7) is 6.90. The molecule has 7 aromatic rings. The molecule has 0 amide bonds. The van der Waals surface area contributed by atoms with Gasteiger partial charge in [0.05, 0.1) is 16.7 Å². The van der Waals surface area contributed by atoms with E-state index in [0.29, 0.717) is 5.92 Å². The van der Waals surface area contributed by atoms with Crippen LogP contribution in [0.25, 0.3) is 61.2 Å². The number of nitrogens with zero attached hydrogens (tertiary/aromatic N) is 2. The van der Waals surface area contributed by atoms with Crippen LogP contribution >= 0.6 is 0 Å². The van der Waals surface area contributed by atoms with Gasteiger partial charge in [0.1, 0.15) is 17.0 Å². The normalized spacial score (nSPS) is 14.6. The lowest BCUT2D eigenvalue weighted by molar-refractivity contribution is 0.444. The highest BCUT2D eigenvalue weighted by Gasteiger charge is 2.24. The van der Waals surface area contributed by atoms with Crippen molar-refractivity contribution in [3.63, 3.8) is 0 Å². The maximum absolute atomic E-state index is 6.35. The SMILES string of the molecule is CC(C)(C)c1cc(-c2ccccc2)ccc1-n1c(-c2ccc3oc4ccc(C5CCCCC5)cc4c3c2)nc2ccccc21. The molecule has 0 saturated heterocycles. The van der Waals surface area contributed by atoms with Crippen LogP contribution in [0.3, 0.4) is 0 Å². The molecule has 0 aliphatic heterocycles. The molecule has 1 aliphatic rings. The number of benzene rings is 5. The quantitative estimate of drug-likeness (QED) is 0.209. The molecule has 2 heterocycles. The second-order valence-corrected chi connectivity index (χ2v) is 13.5. The van der Waals surface area contributed by atoms with Crippen molar-refractivity contribution in [2.45, 2.75) is 64.2 Å². The summed E-state index contributed by atoms with van der Waals surface area (Å²) in [5, 5.41) is 2.36. The first-order valence-corrected chi connectivity index (χ1v) is 16.1. The van der Waals surface area contributed by atoms with Crippen molar-refractivity contribution in [2.24, 2.45) is 0 Å². The van der Waals surface area contributed by atoms with Gasteiger partial charge < -0.3 is 4.42 Å². The van der Waals surface area contributed by atoms with Gasteiger partial charge in [0.15, 0.2) is 0 Å². The van der Waals surface area contributed by atoms with Crippen LogP contribution < -0.4 is 0 Å². The summed E-state index contributed by atoms with van der Waals surface area (Å²) in [5.74, 6) is 1.60. The van der Waals surface area contributed by atoms with Crippen molar-refractivity contribution in [1.29, 1.82) is 0 Å². The number of fused-ring (bicyclic) bond motifs is 4. The Morgan fingerprint density at radius 3 is 2.16 bits per heavy atom. The summed E-state index contributed by atoms with van der Waals surface area (Å²) < 4.78 is 8.71. The van der Waals surface area contributed by atoms with Crippen LogP contribution in [0.4, 0.5) is 0 Å². The van der Waals surface area contributed by atoms with E-state index in [9.17, 15) is 0 Å². The summed E-state index contributed by atoms with van der Waals surface area (Å²) in [6, 6.07) is 39.5. The average molecular weight is 575 g/mol. The van der Waals surface area contributed by atoms with Crippen LogP contribution in [0.2, 0.25) is 0 Å². The van der Waals surface area contributed by atoms with Gasteiger partial charge in [-0.15, -0.1) is 0 Å². The van der Waals surface area contributed by atoms with Gasteiger partial charge in [-0.2, -0.15) is 0 Å². The van der Waals surface area contributed by atoms with Crippen LogP contribution in [0.15, 0.2) is 114 Å². The van der Waals surface area contributed by atoms with Crippen molar-refractivity contribution in [1.82, 2.24) is 9.55 Å². The molecule has 218 valence electrons. The number of para-hydroxylation sites is 2. The van der Waals surface area contributed by atoms with Gasteiger partial charge >= 0.3 is 0 Å². The maximum atomic E-state index is 6.35. The standard InChI is InChI=1S/C41H38N2O/c1-41(2,3)34-26-30(28-14-8-5-9-15-28)18-21-36(34)43-37-17-11-10-16-35(37)42-40(43)31-20-23-39-33(25-31)32-24-29(19-22-38(32)44-39)27-12-6-4-7-13-27/h5,8-11,14-27H,4,6-7,12-13H2,1-3H3. The number of hydrogen-bond acceptors (Lipinski definition) is 2. The fraction of sp³-hybridized carbons (Fsp3) is 0.244. The van der Waals surface area contributed by atoms with Crippen molar-refractivity contribution in [3.05, 3.63) is 120 Å². The van der Waals surface area contributed by atoms with Gasteiger partial charge in [-0.1, -0.05) is 94.6 Å². The highest BCUT2D eigenvalue weighted by molar-refractivity contribution is 6.06. The van der Waals surface area contributed by atoms with E-state index in [1.54, 1.807) is 0 Å². The number of rotatable bonds is 4. The predicted octanol–water partition coefficient (Wildman–Crippen LogP) is 11.6. The summed E-state index contributed by atoms with van der Waals surface area (Å²) in [4.78, 5) is 5.26. The largest absolute Gasteiger partial charge is 0.456 e. The lowest BCUT2D eigenvalue weighted by atomic mass is 9.83. The molecule has 0 atom stereocenters. The van der Waals surface area contributed by atoms with E-state index in [2.05, 4.69) is 135 Å². The molecular weight excluding hydrogens is 536 g/mol. The second-order valence-electron chi connectivity index (χ2n) is 13.5. The topological polar surface area (TPSA) is 31.0 Å².